The van der Waals surface area contributed by atoms with E-state index in [0.29, 0.717) is 47.9 Å². The lowest BCUT2D eigenvalue weighted by Crippen LogP contribution is -2.45. The number of nitrogens with zero attached hydrogens (tertiary/aromatic N) is 4. The van der Waals surface area contributed by atoms with Crippen LogP contribution in [0, 0.1) is 17.6 Å². The molecule has 1 amide bonds. The molecule has 0 spiro atoms. The Kier molecular flexibility index (Phi) is 8.34. The second-order valence-electron chi connectivity index (χ2n) is 9.54. The Balaban J connectivity index is 1.29. The van der Waals surface area contributed by atoms with Crippen LogP contribution in [0.2, 0.25) is 0 Å². The fourth-order valence-corrected chi connectivity index (χ4v) is 7.39. The number of piperidine rings is 1. The molecule has 2 aliphatic heterocycles. The maximum absolute atomic E-state index is 13.8. The highest BCUT2D eigenvalue weighted by atomic mass is 32.2. The Bertz CT molecular complexity index is 1370. The van der Waals surface area contributed by atoms with Gasteiger partial charge < -0.3 is 4.74 Å². The summed E-state index contributed by atoms with van der Waals surface area (Å²) in [4.78, 5) is 22.4. The highest BCUT2D eigenvalue weighted by Gasteiger charge is 2.35. The predicted octanol–water partition coefficient (Wildman–Crippen LogP) is 3.73. The number of ether oxygens (including phenoxy) is 1. The van der Waals surface area contributed by atoms with E-state index in [1.165, 1.54) is 39.9 Å². The second kappa shape index (κ2) is 11.7. The van der Waals surface area contributed by atoms with Gasteiger partial charge in [-0.25, -0.2) is 22.2 Å². The lowest BCUT2D eigenvalue weighted by molar-refractivity contribution is -0.123. The number of aromatic nitrogens is 1. The number of hydrogen-bond acceptors (Lipinski definition) is 7. The Morgan fingerprint density at radius 1 is 1.03 bits per heavy atom. The number of rotatable bonds is 8. The van der Waals surface area contributed by atoms with Crippen molar-refractivity contribution in [3.8, 4) is 0 Å². The molecule has 2 aromatic carbocycles. The Hall–Kier alpha value is -2.51. The topological polar surface area (TPSA) is 83.1 Å². The molecule has 1 aromatic heterocycles. The molecule has 0 aliphatic carbocycles. The molecule has 204 valence electrons. The summed E-state index contributed by atoms with van der Waals surface area (Å²) in [7, 11) is -3.77. The van der Waals surface area contributed by atoms with Gasteiger partial charge >= 0.3 is 0 Å². The molecule has 0 bridgehead atoms. The summed E-state index contributed by atoms with van der Waals surface area (Å²) in [6.45, 7) is 4.79. The van der Waals surface area contributed by atoms with Crippen molar-refractivity contribution in [3.05, 3.63) is 54.1 Å². The Morgan fingerprint density at radius 2 is 1.71 bits per heavy atom. The molecule has 3 aromatic rings. The first-order valence-corrected chi connectivity index (χ1v) is 15.0. The van der Waals surface area contributed by atoms with Crippen LogP contribution in [-0.4, -0.2) is 81.0 Å². The number of sulfonamides is 1. The number of fused-ring (bicyclic) bond motifs is 1. The quantitative estimate of drug-likeness (QED) is 0.415. The average molecular weight is 565 g/mol. The summed E-state index contributed by atoms with van der Waals surface area (Å²) >= 11 is 1.28. The molecule has 12 heteroatoms. The van der Waals surface area contributed by atoms with E-state index in [0.717, 1.165) is 38.2 Å². The van der Waals surface area contributed by atoms with E-state index in [4.69, 9.17) is 4.74 Å². The van der Waals surface area contributed by atoms with Gasteiger partial charge in [0.25, 0.3) is 0 Å². The average Bonchev–Trinajstić information content (AvgIpc) is 3.34. The Labute approximate surface area is 224 Å². The van der Waals surface area contributed by atoms with Gasteiger partial charge in [0, 0.05) is 45.2 Å². The van der Waals surface area contributed by atoms with Crippen molar-refractivity contribution >= 4 is 42.6 Å². The van der Waals surface area contributed by atoms with Gasteiger partial charge in [0.1, 0.15) is 11.6 Å². The Morgan fingerprint density at radius 3 is 2.42 bits per heavy atom. The number of hydrogen-bond donors (Lipinski definition) is 0. The summed E-state index contributed by atoms with van der Waals surface area (Å²) in [6.07, 6.45) is 1.49. The first kappa shape index (κ1) is 27.1. The molecule has 2 fully saturated rings. The van der Waals surface area contributed by atoms with Gasteiger partial charge in [-0.1, -0.05) is 11.3 Å². The molecular formula is C26H30F2N4O4S2. The van der Waals surface area contributed by atoms with E-state index < -0.39 is 15.8 Å². The number of morpholine rings is 1. The summed E-state index contributed by atoms with van der Waals surface area (Å²) in [5, 5.41) is 0.527. The maximum Gasteiger partial charge on any atom is 0.243 e. The molecule has 0 saturated carbocycles. The van der Waals surface area contributed by atoms with Crippen LogP contribution in [0.15, 0.2) is 47.4 Å². The SMILES string of the molecule is O=C(C1CCN(S(=O)(=O)c2ccc(F)cc2)CC1)N(CCCN1CCOCC1)c1nc2ccc(F)cc2s1. The number of carbonyl (C=O) groups is 1. The van der Waals surface area contributed by atoms with E-state index in [2.05, 4.69) is 9.88 Å². The zero-order valence-electron chi connectivity index (χ0n) is 20.9. The normalized spacial score (nSPS) is 18.2. The third-order valence-electron chi connectivity index (χ3n) is 7.05. The van der Waals surface area contributed by atoms with Crippen LogP contribution >= 0.6 is 11.3 Å². The number of benzene rings is 2. The molecule has 0 unspecified atom stereocenters. The fraction of sp³-hybridized carbons (Fsp3) is 0.462. The van der Waals surface area contributed by atoms with Crippen LogP contribution in [0.4, 0.5) is 13.9 Å². The monoisotopic (exact) mass is 564 g/mol. The standard InChI is InChI=1S/C26H30F2N4O4S2/c27-20-2-5-22(6-3-20)38(34,35)31-12-8-19(9-13-31)25(33)32(11-1-10-30-14-16-36-17-15-30)26-29-23-7-4-21(28)18-24(23)37-26/h2-7,18-19H,1,8-17H2. The first-order valence-electron chi connectivity index (χ1n) is 12.7. The third kappa shape index (κ3) is 6.04. The van der Waals surface area contributed by atoms with Gasteiger partial charge in [0.2, 0.25) is 15.9 Å². The van der Waals surface area contributed by atoms with Crippen molar-refractivity contribution in [2.45, 2.75) is 24.2 Å². The zero-order chi connectivity index (χ0) is 26.7. The van der Waals surface area contributed by atoms with E-state index in [9.17, 15) is 22.0 Å². The first-order chi connectivity index (χ1) is 18.3. The van der Waals surface area contributed by atoms with Crippen molar-refractivity contribution < 1.29 is 26.7 Å². The van der Waals surface area contributed by atoms with Crippen molar-refractivity contribution in [1.29, 1.82) is 0 Å². The molecule has 0 atom stereocenters. The fourth-order valence-electron chi connectivity index (χ4n) is 4.90. The van der Waals surface area contributed by atoms with Gasteiger partial charge in [0.05, 0.1) is 28.3 Å². The highest BCUT2D eigenvalue weighted by Crippen LogP contribution is 2.32. The van der Waals surface area contributed by atoms with Gasteiger partial charge in [-0.2, -0.15) is 4.31 Å². The highest BCUT2D eigenvalue weighted by molar-refractivity contribution is 7.89. The van der Waals surface area contributed by atoms with Gasteiger partial charge in [-0.15, -0.1) is 0 Å². The van der Waals surface area contributed by atoms with E-state index in [1.807, 2.05) is 0 Å². The molecular weight excluding hydrogens is 534 g/mol. The van der Waals surface area contributed by atoms with E-state index in [1.54, 1.807) is 11.0 Å². The second-order valence-corrected chi connectivity index (χ2v) is 12.5. The van der Waals surface area contributed by atoms with Gasteiger partial charge in [-0.3, -0.25) is 14.6 Å². The summed E-state index contributed by atoms with van der Waals surface area (Å²) in [6, 6.07) is 9.16. The number of halogens is 2. The molecule has 3 heterocycles. The molecule has 0 radical (unpaired) electrons. The predicted molar refractivity (Wildman–Crippen MR) is 142 cm³/mol. The smallest absolute Gasteiger partial charge is 0.243 e. The maximum atomic E-state index is 13.8. The van der Waals surface area contributed by atoms with Crippen molar-refractivity contribution in [2.75, 3.05) is 57.4 Å². The third-order valence-corrected chi connectivity index (χ3v) is 10.0. The van der Waals surface area contributed by atoms with Crippen LogP contribution in [0.25, 0.3) is 10.2 Å². The van der Waals surface area contributed by atoms with Crippen LogP contribution in [0.5, 0.6) is 0 Å². The van der Waals surface area contributed by atoms with Crippen molar-refractivity contribution in [3.63, 3.8) is 0 Å². The lowest BCUT2D eigenvalue weighted by Gasteiger charge is -2.33. The van der Waals surface area contributed by atoms with Crippen LogP contribution in [0.3, 0.4) is 0 Å². The number of amides is 1. The van der Waals surface area contributed by atoms with Crippen molar-refractivity contribution in [2.24, 2.45) is 5.92 Å². The number of anilines is 1. The van der Waals surface area contributed by atoms with Crippen molar-refractivity contribution in [1.82, 2.24) is 14.2 Å². The van der Waals surface area contributed by atoms with E-state index >= 15 is 0 Å². The van der Waals surface area contributed by atoms with Crippen LogP contribution < -0.4 is 4.90 Å². The minimum atomic E-state index is -3.77. The summed E-state index contributed by atoms with van der Waals surface area (Å²) in [5.41, 5.74) is 0.637. The molecule has 5 rings (SSSR count). The molecule has 8 nitrogen and oxygen atoms in total. The number of thiazole rings is 1. The molecule has 2 aliphatic rings. The number of carbonyl (C=O) groups excluding carboxylic acids is 1. The van der Waals surface area contributed by atoms with Gasteiger partial charge in [0.15, 0.2) is 5.13 Å². The lowest BCUT2D eigenvalue weighted by atomic mass is 9.96. The van der Waals surface area contributed by atoms with Gasteiger partial charge in [-0.05, 0) is 61.7 Å². The minimum absolute atomic E-state index is 0.0372. The molecule has 2 saturated heterocycles. The largest absolute Gasteiger partial charge is 0.379 e. The minimum Gasteiger partial charge on any atom is -0.379 e. The molecule has 0 N–H and O–H groups in total. The zero-order valence-corrected chi connectivity index (χ0v) is 22.5. The van der Waals surface area contributed by atoms with Crippen LogP contribution in [-0.2, 0) is 19.6 Å². The summed E-state index contributed by atoms with van der Waals surface area (Å²) in [5.74, 6) is -1.31. The van der Waals surface area contributed by atoms with Crippen LogP contribution in [0.1, 0.15) is 19.3 Å². The van der Waals surface area contributed by atoms with E-state index in [-0.39, 0.29) is 35.6 Å². The summed E-state index contributed by atoms with van der Waals surface area (Å²) < 4.78 is 60.5. The molecule has 38 heavy (non-hydrogen) atoms.